The second kappa shape index (κ2) is 11.4. The minimum Gasteiger partial charge on any atom is -0.454 e. The SMILES string of the molecule is Cc1ccc(NC(=O)CN(C)C(=O)COC(=O)[C@H](C)NC(=O)c2cccc([N+](=O)[O-])c2)cc1. The zero-order valence-electron chi connectivity index (χ0n) is 18.4. The Labute approximate surface area is 189 Å². The first-order valence-electron chi connectivity index (χ1n) is 9.89. The maximum Gasteiger partial charge on any atom is 0.328 e. The number of hydrogen-bond acceptors (Lipinski definition) is 7. The van der Waals surface area contributed by atoms with E-state index in [1.807, 2.05) is 19.1 Å². The smallest absolute Gasteiger partial charge is 0.328 e. The molecule has 0 aromatic heterocycles. The van der Waals surface area contributed by atoms with Crippen LogP contribution in [0.3, 0.4) is 0 Å². The fraction of sp³-hybridized carbons (Fsp3) is 0.273. The lowest BCUT2D eigenvalue weighted by atomic mass is 10.2. The Hall–Kier alpha value is -4.28. The van der Waals surface area contributed by atoms with Gasteiger partial charge in [0.25, 0.3) is 17.5 Å². The summed E-state index contributed by atoms with van der Waals surface area (Å²) in [6.07, 6.45) is 0. The molecule has 11 nitrogen and oxygen atoms in total. The molecular weight excluding hydrogens is 432 g/mol. The van der Waals surface area contributed by atoms with Crippen LogP contribution < -0.4 is 10.6 Å². The minimum absolute atomic E-state index is 0.000696. The standard InChI is InChI=1S/C22H24N4O7/c1-14-7-9-17(10-8-14)24-19(27)12-25(3)20(28)13-33-22(30)15(2)23-21(29)16-5-4-6-18(11-16)26(31)32/h4-11,15H,12-13H2,1-3H3,(H,23,29)(H,24,27)/t15-/m0/s1. The Balaban J connectivity index is 1.79. The number of nitro benzene ring substituents is 1. The van der Waals surface area contributed by atoms with Crippen LogP contribution in [0, 0.1) is 17.0 Å². The van der Waals surface area contributed by atoms with E-state index in [2.05, 4.69) is 10.6 Å². The summed E-state index contributed by atoms with van der Waals surface area (Å²) >= 11 is 0. The molecule has 2 rings (SSSR count). The molecule has 2 aromatic rings. The van der Waals surface area contributed by atoms with Crippen LogP contribution in [0.25, 0.3) is 0 Å². The number of nitrogens with zero attached hydrogens (tertiary/aromatic N) is 2. The molecule has 0 radical (unpaired) electrons. The minimum atomic E-state index is -1.11. The average molecular weight is 456 g/mol. The molecule has 0 heterocycles. The summed E-state index contributed by atoms with van der Waals surface area (Å²) in [6, 6.07) is 11.1. The van der Waals surface area contributed by atoms with Crippen molar-refractivity contribution in [2.75, 3.05) is 25.5 Å². The van der Waals surface area contributed by atoms with Gasteiger partial charge < -0.3 is 20.3 Å². The normalized spacial score (nSPS) is 11.1. The first-order chi connectivity index (χ1) is 15.6. The molecule has 0 aliphatic rings. The van der Waals surface area contributed by atoms with Gasteiger partial charge >= 0.3 is 5.97 Å². The Morgan fingerprint density at radius 2 is 1.79 bits per heavy atom. The van der Waals surface area contributed by atoms with Crippen molar-refractivity contribution in [3.05, 3.63) is 69.8 Å². The van der Waals surface area contributed by atoms with E-state index in [9.17, 15) is 29.3 Å². The van der Waals surface area contributed by atoms with Crippen molar-refractivity contribution in [1.82, 2.24) is 10.2 Å². The van der Waals surface area contributed by atoms with Crippen molar-refractivity contribution >= 4 is 35.1 Å². The molecule has 11 heteroatoms. The van der Waals surface area contributed by atoms with Gasteiger partial charge in [-0.1, -0.05) is 23.8 Å². The molecule has 0 saturated carbocycles. The molecule has 174 valence electrons. The number of nitro groups is 1. The number of likely N-dealkylation sites (N-methyl/N-ethyl adjacent to an activating group) is 1. The van der Waals surface area contributed by atoms with Crippen LogP contribution in [0.1, 0.15) is 22.8 Å². The van der Waals surface area contributed by atoms with Crippen molar-refractivity contribution in [2.24, 2.45) is 0 Å². The average Bonchev–Trinajstić information content (AvgIpc) is 2.78. The molecule has 33 heavy (non-hydrogen) atoms. The van der Waals surface area contributed by atoms with Gasteiger partial charge in [0, 0.05) is 30.4 Å². The first-order valence-corrected chi connectivity index (χ1v) is 9.89. The van der Waals surface area contributed by atoms with E-state index in [-0.39, 0.29) is 17.8 Å². The predicted molar refractivity (Wildman–Crippen MR) is 118 cm³/mol. The third-order valence-electron chi connectivity index (χ3n) is 4.50. The summed E-state index contributed by atoms with van der Waals surface area (Å²) in [5.74, 6) is -2.61. The van der Waals surface area contributed by atoms with E-state index in [1.165, 1.54) is 32.2 Å². The molecule has 2 N–H and O–H groups in total. The van der Waals surface area contributed by atoms with Crippen LogP contribution in [0.4, 0.5) is 11.4 Å². The molecule has 2 aromatic carbocycles. The number of hydrogen-bond donors (Lipinski definition) is 2. The summed E-state index contributed by atoms with van der Waals surface area (Å²) < 4.78 is 4.91. The molecule has 1 atom stereocenters. The molecule has 3 amide bonds. The quantitative estimate of drug-likeness (QED) is 0.331. The van der Waals surface area contributed by atoms with Gasteiger partial charge in [0.05, 0.1) is 11.5 Å². The highest BCUT2D eigenvalue weighted by atomic mass is 16.6. The zero-order chi connectivity index (χ0) is 24.5. The molecule has 0 spiro atoms. The molecule has 0 saturated heterocycles. The topological polar surface area (TPSA) is 148 Å². The van der Waals surface area contributed by atoms with E-state index >= 15 is 0 Å². The largest absolute Gasteiger partial charge is 0.454 e. The molecular formula is C22H24N4O7. The van der Waals surface area contributed by atoms with Crippen LogP contribution in [0.2, 0.25) is 0 Å². The number of carbonyl (C=O) groups is 4. The highest BCUT2D eigenvalue weighted by molar-refractivity contribution is 5.97. The van der Waals surface area contributed by atoms with Gasteiger partial charge in [-0.15, -0.1) is 0 Å². The third kappa shape index (κ3) is 7.73. The van der Waals surface area contributed by atoms with Crippen LogP contribution >= 0.6 is 0 Å². The van der Waals surface area contributed by atoms with Crippen LogP contribution in [0.15, 0.2) is 48.5 Å². The van der Waals surface area contributed by atoms with Gasteiger partial charge in [0.15, 0.2) is 6.61 Å². The summed E-state index contributed by atoms with van der Waals surface area (Å²) in [5.41, 5.74) is 1.36. The molecule has 0 bridgehead atoms. The lowest BCUT2D eigenvalue weighted by molar-refractivity contribution is -0.384. The summed E-state index contributed by atoms with van der Waals surface area (Å²) in [4.78, 5) is 59.8. The van der Waals surface area contributed by atoms with Gasteiger partial charge in [-0.25, -0.2) is 4.79 Å². The Morgan fingerprint density at radius 1 is 1.12 bits per heavy atom. The van der Waals surface area contributed by atoms with Gasteiger partial charge in [-0.2, -0.15) is 0 Å². The fourth-order valence-corrected chi connectivity index (χ4v) is 2.61. The second-order valence-electron chi connectivity index (χ2n) is 7.27. The van der Waals surface area contributed by atoms with Gasteiger partial charge in [-0.05, 0) is 32.0 Å². The van der Waals surface area contributed by atoms with Crippen LogP contribution in [0.5, 0.6) is 0 Å². The maximum atomic E-state index is 12.2. The molecule has 0 fully saturated rings. The van der Waals surface area contributed by atoms with Gasteiger partial charge in [0.1, 0.15) is 6.04 Å². The Kier molecular flexibility index (Phi) is 8.61. The van der Waals surface area contributed by atoms with E-state index < -0.39 is 41.3 Å². The maximum absolute atomic E-state index is 12.2. The van der Waals surface area contributed by atoms with Gasteiger partial charge in [0.2, 0.25) is 5.91 Å². The number of benzene rings is 2. The monoisotopic (exact) mass is 456 g/mol. The Bertz CT molecular complexity index is 1050. The fourth-order valence-electron chi connectivity index (χ4n) is 2.61. The van der Waals surface area contributed by atoms with Crippen molar-refractivity contribution in [3.8, 4) is 0 Å². The predicted octanol–water partition coefficient (Wildman–Crippen LogP) is 1.66. The van der Waals surface area contributed by atoms with E-state index in [0.717, 1.165) is 16.5 Å². The number of ether oxygens (including phenoxy) is 1. The second-order valence-corrected chi connectivity index (χ2v) is 7.27. The lowest BCUT2D eigenvalue weighted by Crippen LogP contribution is -2.42. The summed E-state index contributed by atoms with van der Waals surface area (Å²) in [6.45, 7) is 2.40. The number of rotatable bonds is 9. The summed E-state index contributed by atoms with van der Waals surface area (Å²) in [5, 5.41) is 15.8. The third-order valence-corrected chi connectivity index (χ3v) is 4.50. The van der Waals surface area contributed by atoms with Crippen molar-refractivity contribution in [3.63, 3.8) is 0 Å². The Morgan fingerprint density at radius 3 is 2.42 bits per heavy atom. The number of esters is 1. The lowest BCUT2D eigenvalue weighted by Gasteiger charge is -2.18. The summed E-state index contributed by atoms with van der Waals surface area (Å²) in [7, 11) is 1.39. The molecule has 0 unspecified atom stereocenters. The molecule has 0 aliphatic carbocycles. The van der Waals surface area contributed by atoms with Crippen molar-refractivity contribution in [1.29, 1.82) is 0 Å². The molecule has 0 aliphatic heterocycles. The first kappa shape index (κ1) is 25.0. The highest BCUT2D eigenvalue weighted by Crippen LogP contribution is 2.13. The van der Waals surface area contributed by atoms with Crippen LogP contribution in [-0.4, -0.2) is 59.8 Å². The number of non-ortho nitro benzene ring substituents is 1. The number of amides is 3. The van der Waals surface area contributed by atoms with E-state index in [1.54, 1.807) is 12.1 Å². The highest BCUT2D eigenvalue weighted by Gasteiger charge is 2.21. The van der Waals surface area contributed by atoms with Gasteiger partial charge in [-0.3, -0.25) is 24.5 Å². The van der Waals surface area contributed by atoms with Crippen molar-refractivity contribution < 1.29 is 28.8 Å². The number of aryl methyl sites for hydroxylation is 1. The van der Waals surface area contributed by atoms with Crippen molar-refractivity contribution in [2.45, 2.75) is 19.9 Å². The van der Waals surface area contributed by atoms with E-state index in [0.29, 0.717) is 5.69 Å². The number of carbonyl (C=O) groups excluding carboxylic acids is 4. The number of nitrogens with one attached hydrogen (secondary N) is 2. The van der Waals surface area contributed by atoms with Crippen LogP contribution in [-0.2, 0) is 19.1 Å². The number of anilines is 1. The zero-order valence-corrected chi connectivity index (χ0v) is 18.4. The van der Waals surface area contributed by atoms with E-state index in [4.69, 9.17) is 4.74 Å².